The van der Waals surface area contributed by atoms with E-state index in [1.807, 2.05) is 0 Å². The first kappa shape index (κ1) is 18.6. The van der Waals surface area contributed by atoms with Gasteiger partial charge in [-0.1, -0.05) is 38.0 Å². The zero-order valence-corrected chi connectivity index (χ0v) is 18.5. The molecule has 0 saturated heterocycles. The molecule has 0 amide bonds. The van der Waals surface area contributed by atoms with Gasteiger partial charge in [-0.3, -0.25) is 0 Å². The van der Waals surface area contributed by atoms with E-state index in [1.54, 1.807) is 19.3 Å². The lowest BCUT2D eigenvalue weighted by Crippen LogP contribution is -2.52. The monoisotopic (exact) mass is 382 g/mol. The number of thioether (sulfide) groups is 1. The molecule has 4 aliphatic carbocycles. The largest absolute Gasteiger partial charge is 0.123 e. The van der Waals surface area contributed by atoms with Gasteiger partial charge in [0.05, 0.1) is 0 Å². The van der Waals surface area contributed by atoms with Crippen molar-refractivity contribution in [3.8, 4) is 0 Å². The minimum absolute atomic E-state index is 0.650. The fourth-order valence-corrected chi connectivity index (χ4v) is 9.37. The van der Waals surface area contributed by atoms with Crippen molar-refractivity contribution in [2.45, 2.75) is 95.1 Å². The second-order valence-corrected chi connectivity index (χ2v) is 12.4. The van der Waals surface area contributed by atoms with Gasteiger partial charge in [0.15, 0.2) is 0 Å². The lowest BCUT2D eigenvalue weighted by atomic mass is 9.45. The molecule has 0 spiro atoms. The summed E-state index contributed by atoms with van der Waals surface area (Å²) in [4.78, 5) is 1.49. The number of benzene rings is 1. The molecule has 4 fully saturated rings. The van der Waals surface area contributed by atoms with Gasteiger partial charge in [0.1, 0.15) is 0 Å². The number of hydrogen-bond acceptors (Lipinski definition) is 1. The predicted molar refractivity (Wildman–Crippen MR) is 117 cm³/mol. The Labute approximate surface area is 171 Å². The van der Waals surface area contributed by atoms with E-state index in [9.17, 15) is 0 Å². The molecule has 0 aliphatic heterocycles. The van der Waals surface area contributed by atoms with E-state index in [2.05, 4.69) is 56.8 Å². The molecule has 0 N–H and O–H groups in total. The van der Waals surface area contributed by atoms with Crippen LogP contribution >= 0.6 is 11.8 Å². The molecule has 1 aromatic carbocycles. The second-order valence-electron chi connectivity index (χ2n) is 11.1. The molecule has 7 atom stereocenters. The molecule has 1 aromatic rings. The SMILES string of the molecule is Cc1ccc(SC2CC[C@@]3(C)[C@@H](CC[C@H]4[C@@H]5CCC[C@@]5(C)CC[C@@H]43)C2)cc1. The highest BCUT2D eigenvalue weighted by molar-refractivity contribution is 8.00. The topological polar surface area (TPSA) is 0 Å². The molecule has 0 heterocycles. The molecule has 4 saturated carbocycles. The van der Waals surface area contributed by atoms with E-state index < -0.39 is 0 Å². The van der Waals surface area contributed by atoms with Crippen LogP contribution in [0.3, 0.4) is 0 Å². The predicted octanol–water partition coefficient (Wildman–Crippen LogP) is 7.89. The van der Waals surface area contributed by atoms with E-state index in [0.717, 1.165) is 28.9 Å². The fraction of sp³-hybridized carbons (Fsp3) is 0.769. The zero-order chi connectivity index (χ0) is 18.6. The van der Waals surface area contributed by atoms with Gasteiger partial charge < -0.3 is 0 Å². The maximum Gasteiger partial charge on any atom is 0.00974 e. The third kappa shape index (κ3) is 3.11. The van der Waals surface area contributed by atoms with E-state index in [-0.39, 0.29) is 0 Å². The minimum atomic E-state index is 0.650. The van der Waals surface area contributed by atoms with Crippen LogP contribution in [0.1, 0.15) is 83.6 Å². The first-order valence-electron chi connectivity index (χ1n) is 11.7. The molecule has 0 nitrogen and oxygen atoms in total. The normalized spacial score (nSPS) is 46.4. The van der Waals surface area contributed by atoms with Crippen LogP contribution in [0.2, 0.25) is 0 Å². The maximum absolute atomic E-state index is 2.72. The van der Waals surface area contributed by atoms with Crippen LogP contribution in [-0.4, -0.2) is 5.25 Å². The molecule has 27 heavy (non-hydrogen) atoms. The quantitative estimate of drug-likeness (QED) is 0.501. The number of aryl methyl sites for hydroxylation is 1. The molecule has 5 rings (SSSR count). The van der Waals surface area contributed by atoms with Crippen LogP contribution in [0.25, 0.3) is 0 Å². The van der Waals surface area contributed by atoms with E-state index >= 15 is 0 Å². The van der Waals surface area contributed by atoms with E-state index in [1.165, 1.54) is 55.4 Å². The number of fused-ring (bicyclic) bond motifs is 5. The summed E-state index contributed by atoms with van der Waals surface area (Å²) in [5, 5.41) is 0.850. The van der Waals surface area contributed by atoms with Crippen molar-refractivity contribution in [2.75, 3.05) is 0 Å². The van der Waals surface area contributed by atoms with Gasteiger partial charge in [-0.25, -0.2) is 0 Å². The third-order valence-electron chi connectivity index (χ3n) is 9.72. The summed E-state index contributed by atoms with van der Waals surface area (Å²) in [5.74, 6) is 4.15. The van der Waals surface area contributed by atoms with Crippen LogP contribution in [-0.2, 0) is 0 Å². The Hall–Kier alpha value is -0.430. The molecule has 0 bridgehead atoms. The Bertz CT molecular complexity index is 678. The smallest absolute Gasteiger partial charge is 0.00974 e. The summed E-state index contributed by atoms with van der Waals surface area (Å²) in [5.41, 5.74) is 2.74. The highest BCUT2D eigenvalue weighted by Crippen LogP contribution is 2.66. The highest BCUT2D eigenvalue weighted by atomic mass is 32.2. The molecule has 1 heteroatoms. The summed E-state index contributed by atoms with van der Waals surface area (Å²) in [6, 6.07) is 9.24. The Balaban J connectivity index is 1.30. The van der Waals surface area contributed by atoms with Crippen molar-refractivity contribution in [3.05, 3.63) is 29.8 Å². The number of rotatable bonds is 2. The standard InChI is InChI=1S/C26H38S/c1-18-6-9-20(10-7-18)27-21-12-16-26(3)19(17-21)8-11-22-23-5-4-14-25(23,2)15-13-24(22)26/h6-7,9-10,19,21-24H,4-5,8,11-17H2,1-3H3/t19-,21?,22-,23-,24-,25-,26-/m0/s1. The van der Waals surface area contributed by atoms with Crippen molar-refractivity contribution in [3.63, 3.8) is 0 Å². The molecular weight excluding hydrogens is 344 g/mol. The van der Waals surface area contributed by atoms with E-state index in [0.29, 0.717) is 10.8 Å². The molecule has 148 valence electrons. The molecule has 4 aliphatic rings. The van der Waals surface area contributed by atoms with Gasteiger partial charge in [-0.15, -0.1) is 11.8 Å². The lowest BCUT2D eigenvalue weighted by Gasteiger charge is -2.60. The van der Waals surface area contributed by atoms with Gasteiger partial charge >= 0.3 is 0 Å². The van der Waals surface area contributed by atoms with Crippen molar-refractivity contribution in [2.24, 2.45) is 34.5 Å². The Morgan fingerprint density at radius 1 is 0.852 bits per heavy atom. The van der Waals surface area contributed by atoms with Crippen LogP contribution < -0.4 is 0 Å². The Morgan fingerprint density at radius 3 is 2.48 bits per heavy atom. The zero-order valence-electron chi connectivity index (χ0n) is 17.7. The van der Waals surface area contributed by atoms with Crippen LogP contribution in [0.15, 0.2) is 29.2 Å². The summed E-state index contributed by atoms with van der Waals surface area (Å²) in [7, 11) is 0. The third-order valence-corrected chi connectivity index (χ3v) is 11.0. The van der Waals surface area contributed by atoms with Crippen molar-refractivity contribution >= 4 is 11.8 Å². The maximum atomic E-state index is 2.72. The minimum Gasteiger partial charge on any atom is -0.123 e. The van der Waals surface area contributed by atoms with Crippen LogP contribution in [0.4, 0.5) is 0 Å². The first-order chi connectivity index (χ1) is 13.0. The molecule has 0 radical (unpaired) electrons. The summed E-state index contributed by atoms with van der Waals surface area (Å²) >= 11 is 2.17. The van der Waals surface area contributed by atoms with Gasteiger partial charge in [-0.2, -0.15) is 0 Å². The second kappa shape index (κ2) is 6.82. The summed E-state index contributed by atoms with van der Waals surface area (Å²) in [6.07, 6.45) is 15.1. The van der Waals surface area contributed by atoms with E-state index in [4.69, 9.17) is 0 Å². The van der Waals surface area contributed by atoms with Crippen molar-refractivity contribution < 1.29 is 0 Å². The molecular formula is C26H38S. The van der Waals surface area contributed by atoms with Gasteiger partial charge in [0.25, 0.3) is 0 Å². The summed E-state index contributed by atoms with van der Waals surface area (Å²) in [6.45, 7) is 7.56. The lowest BCUT2D eigenvalue weighted by molar-refractivity contribution is -0.102. The van der Waals surface area contributed by atoms with Gasteiger partial charge in [0, 0.05) is 10.1 Å². The van der Waals surface area contributed by atoms with Gasteiger partial charge in [0.2, 0.25) is 0 Å². The van der Waals surface area contributed by atoms with Crippen LogP contribution in [0.5, 0.6) is 0 Å². The summed E-state index contributed by atoms with van der Waals surface area (Å²) < 4.78 is 0. The van der Waals surface area contributed by atoms with Crippen molar-refractivity contribution in [1.29, 1.82) is 0 Å². The Morgan fingerprint density at radius 2 is 1.67 bits per heavy atom. The fourth-order valence-electron chi connectivity index (χ4n) is 8.13. The average molecular weight is 383 g/mol. The first-order valence-corrected chi connectivity index (χ1v) is 12.6. The van der Waals surface area contributed by atoms with Gasteiger partial charge in [-0.05, 0) is 111 Å². The molecule has 0 aromatic heterocycles. The average Bonchev–Trinajstić information content (AvgIpc) is 3.06. The van der Waals surface area contributed by atoms with Crippen LogP contribution in [0, 0.1) is 41.4 Å². The number of hydrogen-bond donors (Lipinski definition) is 0. The highest BCUT2D eigenvalue weighted by Gasteiger charge is 2.57. The van der Waals surface area contributed by atoms with Crippen molar-refractivity contribution in [1.82, 2.24) is 0 Å². The molecule has 1 unspecified atom stereocenters. The Kier molecular flexibility index (Phi) is 4.70.